The van der Waals surface area contributed by atoms with Crippen LogP contribution >= 0.6 is 0 Å². The maximum absolute atomic E-state index is 12.9. The van der Waals surface area contributed by atoms with E-state index >= 15 is 0 Å². The van der Waals surface area contributed by atoms with Crippen molar-refractivity contribution in [2.75, 3.05) is 4.90 Å². The summed E-state index contributed by atoms with van der Waals surface area (Å²) in [6.45, 7) is 0. The molecule has 1 aliphatic carbocycles. The zero-order chi connectivity index (χ0) is 18.8. The highest BCUT2D eigenvalue weighted by Crippen LogP contribution is 2.45. The van der Waals surface area contributed by atoms with Crippen molar-refractivity contribution < 1.29 is 32.7 Å². The average Bonchev–Trinajstić information content (AvgIpc) is 2.87. The summed E-state index contributed by atoms with van der Waals surface area (Å²) in [4.78, 5) is 38.5. The van der Waals surface area contributed by atoms with Crippen molar-refractivity contribution in [3.63, 3.8) is 0 Å². The molecule has 3 heterocycles. The summed E-state index contributed by atoms with van der Waals surface area (Å²) >= 11 is 0. The normalized spacial score (nSPS) is 22.1. The SMILES string of the molecule is O=C1C2=C(C(=O)N1c1cccc(C(F)(F)F)c1)C1CCC2=CN1C(=O)O. The van der Waals surface area contributed by atoms with E-state index in [1.54, 1.807) is 0 Å². The third kappa shape index (κ3) is 2.16. The molecule has 0 radical (unpaired) electrons. The fraction of sp³-hybridized carbons (Fsp3) is 0.235. The molecule has 3 aliphatic heterocycles. The number of amides is 3. The molecule has 1 aromatic rings. The number of fused-ring (bicyclic) bond motifs is 2. The van der Waals surface area contributed by atoms with Gasteiger partial charge in [-0.05, 0) is 36.6 Å². The molecular weight excluding hydrogens is 353 g/mol. The van der Waals surface area contributed by atoms with Crippen LogP contribution in [0.25, 0.3) is 0 Å². The van der Waals surface area contributed by atoms with E-state index in [9.17, 15) is 32.7 Å². The molecule has 6 nitrogen and oxygen atoms in total. The first kappa shape index (κ1) is 16.4. The lowest BCUT2D eigenvalue weighted by atomic mass is 9.81. The van der Waals surface area contributed by atoms with Crippen molar-refractivity contribution in [3.8, 4) is 0 Å². The minimum absolute atomic E-state index is 0.0403. The molecule has 0 fully saturated rings. The first-order valence-corrected chi connectivity index (χ1v) is 7.72. The predicted octanol–water partition coefficient (Wildman–Crippen LogP) is 2.92. The van der Waals surface area contributed by atoms with Crippen LogP contribution in [0.15, 0.2) is 47.2 Å². The summed E-state index contributed by atoms with van der Waals surface area (Å²) in [7, 11) is 0. The van der Waals surface area contributed by atoms with Crippen LogP contribution in [0.5, 0.6) is 0 Å². The first-order chi connectivity index (χ1) is 12.2. The number of halogens is 3. The van der Waals surface area contributed by atoms with Gasteiger partial charge in [0.25, 0.3) is 11.8 Å². The molecule has 2 bridgehead atoms. The number of carbonyl (C=O) groups is 3. The lowest BCUT2D eigenvalue weighted by Crippen LogP contribution is -2.44. The molecule has 1 aromatic carbocycles. The second-order valence-electron chi connectivity index (χ2n) is 6.18. The Bertz CT molecular complexity index is 932. The van der Waals surface area contributed by atoms with E-state index in [-0.39, 0.29) is 16.8 Å². The van der Waals surface area contributed by atoms with Crippen molar-refractivity contribution in [1.82, 2.24) is 4.90 Å². The number of anilines is 1. The van der Waals surface area contributed by atoms with Crippen LogP contribution in [0.3, 0.4) is 0 Å². The Kier molecular flexibility index (Phi) is 3.27. The highest BCUT2D eigenvalue weighted by atomic mass is 19.4. The quantitative estimate of drug-likeness (QED) is 0.778. The highest BCUT2D eigenvalue weighted by Gasteiger charge is 2.50. The summed E-state index contributed by atoms with van der Waals surface area (Å²) in [5.74, 6) is -1.49. The van der Waals surface area contributed by atoms with Gasteiger partial charge in [0.15, 0.2) is 0 Å². The van der Waals surface area contributed by atoms with Crippen LogP contribution in [0.1, 0.15) is 18.4 Å². The van der Waals surface area contributed by atoms with E-state index in [1.807, 2.05) is 0 Å². The molecule has 1 atom stereocenters. The molecule has 1 unspecified atom stereocenters. The number of carboxylic acid groups (broad SMARTS) is 1. The van der Waals surface area contributed by atoms with Crippen LogP contribution in [-0.4, -0.2) is 34.0 Å². The zero-order valence-electron chi connectivity index (χ0n) is 13.1. The van der Waals surface area contributed by atoms with Crippen molar-refractivity contribution in [3.05, 3.63) is 52.7 Å². The van der Waals surface area contributed by atoms with Crippen LogP contribution in [0, 0.1) is 0 Å². The Morgan fingerprint density at radius 1 is 1.19 bits per heavy atom. The van der Waals surface area contributed by atoms with Crippen LogP contribution in [0.4, 0.5) is 23.7 Å². The molecule has 9 heteroatoms. The first-order valence-electron chi connectivity index (χ1n) is 7.72. The van der Waals surface area contributed by atoms with Gasteiger partial charge in [0, 0.05) is 6.20 Å². The van der Waals surface area contributed by atoms with Crippen LogP contribution in [0.2, 0.25) is 0 Å². The van der Waals surface area contributed by atoms with E-state index in [4.69, 9.17) is 0 Å². The van der Waals surface area contributed by atoms with Crippen molar-refractivity contribution in [2.45, 2.75) is 25.1 Å². The van der Waals surface area contributed by atoms with Gasteiger partial charge >= 0.3 is 12.3 Å². The summed E-state index contributed by atoms with van der Waals surface area (Å²) in [6, 6.07) is 3.15. The van der Waals surface area contributed by atoms with Gasteiger partial charge in [-0.1, -0.05) is 6.07 Å². The molecule has 0 spiro atoms. The Balaban J connectivity index is 1.77. The van der Waals surface area contributed by atoms with E-state index in [0.717, 1.165) is 23.1 Å². The van der Waals surface area contributed by atoms with Crippen LogP contribution < -0.4 is 4.90 Å². The van der Waals surface area contributed by atoms with Crippen LogP contribution in [-0.2, 0) is 15.8 Å². The average molecular weight is 364 g/mol. The largest absolute Gasteiger partial charge is 0.465 e. The number of benzene rings is 1. The summed E-state index contributed by atoms with van der Waals surface area (Å²) in [6.07, 6.45) is -3.77. The van der Waals surface area contributed by atoms with Crippen molar-refractivity contribution in [2.24, 2.45) is 0 Å². The van der Waals surface area contributed by atoms with Gasteiger partial charge in [0.2, 0.25) is 0 Å². The molecule has 1 N–H and O–H groups in total. The van der Waals surface area contributed by atoms with E-state index in [1.165, 1.54) is 12.3 Å². The highest BCUT2D eigenvalue weighted by molar-refractivity contribution is 6.35. The Hall–Kier alpha value is -3.10. The number of rotatable bonds is 1. The van der Waals surface area contributed by atoms with Gasteiger partial charge in [0.05, 0.1) is 28.4 Å². The topological polar surface area (TPSA) is 77.9 Å². The summed E-state index contributed by atoms with van der Waals surface area (Å²) < 4.78 is 38.8. The number of carbonyl (C=O) groups excluding carboxylic acids is 2. The molecule has 5 rings (SSSR count). The van der Waals surface area contributed by atoms with E-state index in [0.29, 0.717) is 23.3 Å². The molecule has 26 heavy (non-hydrogen) atoms. The molecule has 0 saturated heterocycles. The van der Waals surface area contributed by atoms with Gasteiger partial charge in [-0.15, -0.1) is 0 Å². The predicted molar refractivity (Wildman–Crippen MR) is 81.9 cm³/mol. The zero-order valence-corrected chi connectivity index (χ0v) is 13.1. The third-order valence-electron chi connectivity index (χ3n) is 4.74. The molecule has 134 valence electrons. The fourth-order valence-electron chi connectivity index (χ4n) is 3.64. The van der Waals surface area contributed by atoms with E-state index in [2.05, 4.69) is 0 Å². The van der Waals surface area contributed by atoms with Gasteiger partial charge in [0.1, 0.15) is 0 Å². The van der Waals surface area contributed by atoms with Gasteiger partial charge in [-0.2, -0.15) is 13.2 Å². The fourth-order valence-corrected chi connectivity index (χ4v) is 3.64. The summed E-state index contributed by atoms with van der Waals surface area (Å²) in [5.41, 5.74) is -0.599. The second-order valence-corrected chi connectivity index (χ2v) is 6.18. The maximum Gasteiger partial charge on any atom is 0.416 e. The number of alkyl halides is 3. The number of hydrogen-bond acceptors (Lipinski definition) is 3. The standard InChI is InChI=1S/C17H11F3N2O4/c18-17(19,20)9-2-1-3-10(6-9)22-14(23)12-8-4-5-11(13(12)15(22)24)21(7-8)16(25)26/h1-3,6-7,11H,4-5H2,(H,25,26). The number of hydrogen-bond donors (Lipinski definition) is 1. The molecule has 0 aromatic heterocycles. The van der Waals surface area contributed by atoms with Crippen molar-refractivity contribution >= 4 is 23.6 Å². The third-order valence-corrected chi connectivity index (χ3v) is 4.74. The molecular formula is C17H11F3N2O4. The molecule has 4 aliphatic rings. The maximum atomic E-state index is 12.9. The number of nitrogens with zero attached hydrogens (tertiary/aromatic N) is 2. The lowest BCUT2D eigenvalue weighted by molar-refractivity contribution is -0.137. The van der Waals surface area contributed by atoms with Crippen molar-refractivity contribution in [1.29, 1.82) is 0 Å². The Labute approximate surface area is 144 Å². The monoisotopic (exact) mass is 364 g/mol. The smallest absolute Gasteiger partial charge is 0.416 e. The lowest BCUT2D eigenvalue weighted by Gasteiger charge is -2.36. The minimum atomic E-state index is -4.61. The Morgan fingerprint density at radius 3 is 2.58 bits per heavy atom. The second kappa shape index (κ2) is 5.20. The van der Waals surface area contributed by atoms with Gasteiger partial charge in [-0.3, -0.25) is 14.5 Å². The number of imide groups is 1. The van der Waals surface area contributed by atoms with E-state index < -0.39 is 35.7 Å². The van der Waals surface area contributed by atoms with Gasteiger partial charge < -0.3 is 5.11 Å². The van der Waals surface area contributed by atoms with Gasteiger partial charge in [-0.25, -0.2) is 9.69 Å². The Morgan fingerprint density at radius 2 is 1.92 bits per heavy atom. The minimum Gasteiger partial charge on any atom is -0.465 e. The molecule has 3 amide bonds. The summed E-state index contributed by atoms with van der Waals surface area (Å²) in [5, 5.41) is 9.27. The molecule has 0 saturated carbocycles.